The van der Waals surface area contributed by atoms with Gasteiger partial charge in [0.15, 0.2) is 0 Å². The van der Waals surface area contributed by atoms with E-state index in [0.29, 0.717) is 6.42 Å². The van der Waals surface area contributed by atoms with E-state index in [-0.39, 0.29) is 42.6 Å². The van der Waals surface area contributed by atoms with Crippen LogP contribution in [-0.2, 0) is 14.2 Å². The number of carbonyl (C=O) groups excluding carboxylic acids is 2. The number of carbonyl (C=O) groups is 2. The van der Waals surface area contributed by atoms with E-state index in [1.807, 2.05) is 4.90 Å². The van der Waals surface area contributed by atoms with Crippen molar-refractivity contribution in [1.29, 1.82) is 0 Å². The van der Waals surface area contributed by atoms with Crippen molar-refractivity contribution >= 4 is 18.9 Å². The fourth-order valence-electron chi connectivity index (χ4n) is 5.36. The van der Waals surface area contributed by atoms with E-state index in [4.69, 9.17) is 4.65 Å². The minimum absolute atomic E-state index is 0.0625. The van der Waals surface area contributed by atoms with Crippen LogP contribution >= 0.6 is 0 Å². The number of nitrogens with zero attached hydrogens (tertiary/aromatic N) is 2. The van der Waals surface area contributed by atoms with Gasteiger partial charge in [-0.2, -0.15) is 0 Å². The molecule has 4 rings (SSSR count). The Kier molecular flexibility index (Phi) is 3.56. The van der Waals surface area contributed by atoms with Crippen LogP contribution in [0.1, 0.15) is 53.4 Å². The fraction of sp³-hybridized carbons (Fsp3) is 0.882. The highest BCUT2D eigenvalue weighted by Gasteiger charge is 2.65. The van der Waals surface area contributed by atoms with Gasteiger partial charge in [0.25, 0.3) is 0 Å². The van der Waals surface area contributed by atoms with Crippen LogP contribution in [0.4, 0.5) is 0 Å². The smallest absolute Gasteiger partial charge is 0.452 e. The van der Waals surface area contributed by atoms with Gasteiger partial charge in [0, 0.05) is 12.6 Å². The van der Waals surface area contributed by atoms with Crippen molar-refractivity contribution in [3.63, 3.8) is 0 Å². The second kappa shape index (κ2) is 5.21. The Labute approximate surface area is 144 Å². The zero-order valence-electron chi connectivity index (χ0n) is 15.2. The van der Waals surface area contributed by atoms with E-state index >= 15 is 0 Å². The topological polar surface area (TPSA) is 61.9 Å². The zero-order chi connectivity index (χ0) is 17.3. The second-order valence-electron chi connectivity index (χ2n) is 8.78. The second-order valence-corrected chi connectivity index (χ2v) is 8.78. The van der Waals surface area contributed by atoms with Crippen molar-refractivity contribution < 1.29 is 14.2 Å². The third kappa shape index (κ3) is 2.10. The van der Waals surface area contributed by atoms with Crippen LogP contribution in [0.15, 0.2) is 0 Å². The van der Waals surface area contributed by atoms with Gasteiger partial charge in [-0.1, -0.05) is 26.7 Å². The van der Waals surface area contributed by atoms with Gasteiger partial charge in [0.05, 0.1) is 11.7 Å². The Bertz CT molecular complexity index is 581. The fourth-order valence-corrected chi connectivity index (χ4v) is 5.36. The van der Waals surface area contributed by atoms with Crippen LogP contribution in [0.25, 0.3) is 0 Å². The Hall–Kier alpha value is -1.08. The normalized spacial score (nSPS) is 38.7. The maximum absolute atomic E-state index is 13.0. The Balaban J connectivity index is 1.63. The van der Waals surface area contributed by atoms with Crippen LogP contribution in [0.2, 0.25) is 6.32 Å². The molecule has 0 unspecified atom stereocenters. The summed E-state index contributed by atoms with van der Waals surface area (Å²) < 4.78 is 5.64. The van der Waals surface area contributed by atoms with Gasteiger partial charge < -0.3 is 9.55 Å². The molecule has 0 aromatic rings. The molecule has 132 valence electrons. The monoisotopic (exact) mass is 333 g/mol. The predicted molar refractivity (Wildman–Crippen MR) is 91.0 cm³/mol. The molecule has 4 aliphatic heterocycles. The number of rotatable bonds is 2. The molecule has 1 N–H and O–H groups in total. The minimum atomic E-state index is -0.488. The third-order valence-electron chi connectivity index (χ3n) is 6.44. The van der Waals surface area contributed by atoms with E-state index in [1.165, 1.54) is 0 Å². The molecule has 0 spiro atoms. The van der Waals surface area contributed by atoms with Crippen LogP contribution in [0.3, 0.4) is 0 Å². The van der Waals surface area contributed by atoms with E-state index in [9.17, 15) is 9.59 Å². The van der Waals surface area contributed by atoms with Gasteiger partial charge in [-0.25, -0.2) is 0 Å². The number of nitrogens with one attached hydrogen (secondary N) is 1. The third-order valence-corrected chi connectivity index (χ3v) is 6.44. The molecule has 2 bridgehead atoms. The highest BCUT2D eigenvalue weighted by molar-refractivity contribution is 6.54. The van der Waals surface area contributed by atoms with Gasteiger partial charge in [-0.05, 0) is 38.9 Å². The first-order valence-electron chi connectivity index (χ1n) is 9.35. The maximum Gasteiger partial charge on any atom is 0.452 e. The molecule has 4 heterocycles. The lowest BCUT2D eigenvalue weighted by atomic mass is 9.76. The van der Waals surface area contributed by atoms with Gasteiger partial charge >= 0.3 is 13.0 Å². The lowest BCUT2D eigenvalue weighted by Gasteiger charge is -2.37. The number of hydrogen-bond donors (Lipinski definition) is 1. The minimum Gasteiger partial charge on any atom is -0.518 e. The molecule has 0 aliphatic carbocycles. The zero-order valence-corrected chi connectivity index (χ0v) is 15.2. The molecule has 0 saturated carbocycles. The molecule has 7 heteroatoms. The van der Waals surface area contributed by atoms with Gasteiger partial charge in [0.1, 0.15) is 5.54 Å². The Morgan fingerprint density at radius 2 is 2.04 bits per heavy atom. The molecule has 6 nitrogen and oxygen atoms in total. The van der Waals surface area contributed by atoms with Gasteiger partial charge in [-0.3, -0.25) is 19.7 Å². The lowest BCUT2D eigenvalue weighted by molar-refractivity contribution is -0.141. The van der Waals surface area contributed by atoms with E-state index < -0.39 is 5.54 Å². The van der Waals surface area contributed by atoms with E-state index in [0.717, 1.165) is 32.1 Å². The largest absolute Gasteiger partial charge is 0.518 e. The Morgan fingerprint density at radius 3 is 2.71 bits per heavy atom. The van der Waals surface area contributed by atoms with E-state index in [1.54, 1.807) is 0 Å². The number of hydrogen-bond acceptors (Lipinski definition) is 5. The van der Waals surface area contributed by atoms with Gasteiger partial charge in [-0.15, -0.1) is 0 Å². The molecule has 4 fully saturated rings. The first-order chi connectivity index (χ1) is 11.3. The molecule has 0 aromatic heterocycles. The van der Waals surface area contributed by atoms with Crippen molar-refractivity contribution in [1.82, 2.24) is 15.0 Å². The summed E-state index contributed by atoms with van der Waals surface area (Å²) in [6.45, 7) is 9.05. The van der Waals surface area contributed by atoms with Crippen LogP contribution in [0.5, 0.6) is 0 Å². The quantitative estimate of drug-likeness (QED) is 0.770. The summed E-state index contributed by atoms with van der Waals surface area (Å²) in [6.07, 6.45) is 4.68. The summed E-state index contributed by atoms with van der Waals surface area (Å²) in [5, 5.41) is 3.49. The lowest BCUT2D eigenvalue weighted by Crippen LogP contribution is -2.53. The predicted octanol–water partition coefficient (Wildman–Crippen LogP) is 1.22. The van der Waals surface area contributed by atoms with Crippen molar-refractivity contribution in [2.24, 2.45) is 5.92 Å². The van der Waals surface area contributed by atoms with Crippen LogP contribution in [0, 0.1) is 5.92 Å². The van der Waals surface area contributed by atoms with Crippen molar-refractivity contribution in [3.05, 3.63) is 0 Å². The maximum atomic E-state index is 13.0. The summed E-state index contributed by atoms with van der Waals surface area (Å²) in [6, 6.07) is -0.0563. The summed E-state index contributed by atoms with van der Waals surface area (Å²) in [7, 11) is -0.0836. The Morgan fingerprint density at radius 1 is 1.29 bits per heavy atom. The molecule has 24 heavy (non-hydrogen) atoms. The summed E-state index contributed by atoms with van der Waals surface area (Å²) in [5.74, 6) is 0.374. The SMILES string of the molecule is CC(C)[C@@H]1NC(C)(C)N([C@H]2CN3B4CCCC[C@@]3(C2)C(=O)O4)C1=O. The highest BCUT2D eigenvalue weighted by Crippen LogP contribution is 2.47. The molecule has 4 saturated heterocycles. The first kappa shape index (κ1) is 16.4. The van der Waals surface area contributed by atoms with Crippen molar-refractivity contribution in [2.45, 2.75) is 83.0 Å². The molecule has 4 aliphatic rings. The molecule has 3 atom stereocenters. The number of amides is 1. The summed E-state index contributed by atoms with van der Waals surface area (Å²) in [4.78, 5) is 29.9. The van der Waals surface area contributed by atoms with Crippen LogP contribution < -0.4 is 5.32 Å². The van der Waals surface area contributed by atoms with Gasteiger partial charge in [0.2, 0.25) is 5.91 Å². The average molecular weight is 333 g/mol. The highest BCUT2D eigenvalue weighted by atomic mass is 16.5. The molecular weight excluding hydrogens is 305 g/mol. The molecule has 0 radical (unpaired) electrons. The van der Waals surface area contributed by atoms with Crippen molar-refractivity contribution in [3.8, 4) is 0 Å². The van der Waals surface area contributed by atoms with Crippen molar-refractivity contribution in [2.75, 3.05) is 6.54 Å². The van der Waals surface area contributed by atoms with Crippen LogP contribution in [-0.4, -0.2) is 58.5 Å². The average Bonchev–Trinajstić information content (AvgIpc) is 3.00. The first-order valence-corrected chi connectivity index (χ1v) is 9.35. The standard InChI is InChI=1S/C17H28BN3O3/c1-11(2)13-14(22)21(16(3,4)19-13)12-9-17-7-5-6-8-18(20(17)10-12)24-15(17)23/h11-13,19H,5-10H2,1-4H3/t12-,13+,17-/m1/s1. The molecule has 0 aromatic carbocycles. The molecule has 1 amide bonds. The van der Waals surface area contributed by atoms with E-state index in [2.05, 4.69) is 37.8 Å². The summed E-state index contributed by atoms with van der Waals surface area (Å²) in [5.41, 5.74) is -0.862. The molecular formula is C17H28BN3O3. The summed E-state index contributed by atoms with van der Waals surface area (Å²) >= 11 is 0.